The molecule has 0 radical (unpaired) electrons. The molecule has 4 nitrogen and oxygen atoms in total. The monoisotopic (exact) mass is 1700 g/mol. The summed E-state index contributed by atoms with van der Waals surface area (Å²) in [4.78, 5) is 0. The van der Waals surface area contributed by atoms with Crippen molar-refractivity contribution in [3.63, 3.8) is 0 Å². The fourth-order valence-electron chi connectivity index (χ4n) is 6.35. The van der Waals surface area contributed by atoms with Gasteiger partial charge in [0.1, 0.15) is 31.8 Å². The van der Waals surface area contributed by atoms with Gasteiger partial charge in [0.15, 0.2) is 20.2 Å². The Hall–Kier alpha value is -4.08. The van der Waals surface area contributed by atoms with Gasteiger partial charge in [-0.3, -0.25) is 0 Å². The molecule has 0 aromatic rings. The second-order valence-electron chi connectivity index (χ2n) is 20.1. The maximum atomic E-state index is 14.7. The lowest BCUT2D eigenvalue weighted by atomic mass is 9.91. The lowest BCUT2D eigenvalue weighted by molar-refractivity contribution is -0.440. The largest absolute Gasteiger partial charge is 0.486 e. The highest BCUT2D eigenvalue weighted by molar-refractivity contribution is 7.80. The van der Waals surface area contributed by atoms with Crippen molar-refractivity contribution in [1.82, 2.24) is 0 Å². The predicted octanol–water partition coefficient (Wildman–Crippen LogP) is 21.4. The van der Waals surface area contributed by atoms with Crippen LogP contribution in [0.1, 0.15) is 51.4 Å². The second-order valence-corrected chi connectivity index (χ2v) is 22.0. The standard InChI is InChI=1S/C41H24F52O4S4/c42-18(43,22(50,51)26(58,59)30(66,67)34(74,75)38(82,83)84)5-1-13(98)94-9-17(10-95-14(99)2-6-19(44,45)23(52,53)27(60,61)31(68,69)35(76,77)39(85,86)87,11-96-15(100)3-7-20(46,47)24(54,55)28(62,63)32(70,71)36(78,79)40(88,89)90)12-97-16(101)4-8-21(48,49)25(56,57)29(64,65)33(72,73)37(80,81)41(91,92)93/h1-12H2. The summed E-state index contributed by atoms with van der Waals surface area (Å²) >= 11 is 16.4. The Labute approximate surface area is 542 Å². The number of alkyl halides is 52. The molecule has 0 aliphatic rings. The van der Waals surface area contributed by atoms with Crippen LogP contribution in [-0.4, -0.2) is 190 Å². The van der Waals surface area contributed by atoms with Crippen LogP contribution in [0.3, 0.4) is 0 Å². The third kappa shape index (κ3) is 16.9. The topological polar surface area (TPSA) is 36.9 Å². The summed E-state index contributed by atoms with van der Waals surface area (Å²) in [5.41, 5.74) is -3.91. The van der Waals surface area contributed by atoms with E-state index in [0.29, 0.717) is 0 Å². The first-order chi connectivity index (χ1) is 43.4. The van der Waals surface area contributed by atoms with E-state index in [1.54, 1.807) is 0 Å². The Morgan fingerprint density at radius 1 is 0.168 bits per heavy atom. The van der Waals surface area contributed by atoms with Crippen molar-refractivity contribution in [3.05, 3.63) is 0 Å². The molecule has 0 saturated heterocycles. The Bertz CT molecular complexity index is 2500. The van der Waals surface area contributed by atoms with Crippen LogP contribution >= 0.6 is 48.9 Å². The summed E-state index contributed by atoms with van der Waals surface area (Å²) in [6, 6.07) is 0. The molecule has 0 fully saturated rings. The summed E-state index contributed by atoms with van der Waals surface area (Å²) in [6.07, 6.45) is -57.5. The van der Waals surface area contributed by atoms with E-state index in [4.69, 9.17) is 0 Å². The van der Waals surface area contributed by atoms with Gasteiger partial charge in [-0.05, 0) is 48.9 Å². The van der Waals surface area contributed by atoms with E-state index in [1.807, 2.05) is 0 Å². The van der Waals surface area contributed by atoms with Crippen LogP contribution in [0.4, 0.5) is 228 Å². The van der Waals surface area contributed by atoms with Crippen LogP contribution in [0.15, 0.2) is 0 Å². The zero-order chi connectivity index (χ0) is 82.1. The molecule has 101 heavy (non-hydrogen) atoms. The van der Waals surface area contributed by atoms with Crippen LogP contribution in [0.5, 0.6) is 0 Å². The number of ether oxygens (including phenoxy) is 4. The van der Waals surface area contributed by atoms with Gasteiger partial charge in [0.25, 0.3) is 0 Å². The Balaban J connectivity index is 8.32. The van der Waals surface area contributed by atoms with Crippen LogP contribution in [0.25, 0.3) is 0 Å². The molecule has 0 aliphatic carbocycles. The summed E-state index contributed by atoms with van der Waals surface area (Å²) in [5.74, 6) is -165. The number of hydrogen-bond acceptors (Lipinski definition) is 8. The molecule has 0 heterocycles. The van der Waals surface area contributed by atoms with Crippen LogP contribution < -0.4 is 0 Å². The van der Waals surface area contributed by atoms with Gasteiger partial charge >= 0.3 is 143 Å². The third-order valence-electron chi connectivity index (χ3n) is 12.7. The molecular formula is C41H24F52O4S4. The summed E-state index contributed by atoms with van der Waals surface area (Å²) in [6.45, 7) is -10.4. The molecule has 0 bridgehead atoms. The van der Waals surface area contributed by atoms with Crippen molar-refractivity contribution in [2.24, 2.45) is 5.41 Å². The van der Waals surface area contributed by atoms with Crippen molar-refractivity contribution in [2.75, 3.05) is 26.4 Å². The van der Waals surface area contributed by atoms with E-state index in [2.05, 4.69) is 67.8 Å². The highest BCUT2D eigenvalue weighted by atomic mass is 32.1. The van der Waals surface area contributed by atoms with Gasteiger partial charge in [0, 0.05) is 51.4 Å². The average molecular weight is 1700 g/mol. The van der Waals surface area contributed by atoms with Crippen molar-refractivity contribution in [3.8, 4) is 0 Å². The first-order valence-corrected chi connectivity index (χ1v) is 25.5. The van der Waals surface area contributed by atoms with Gasteiger partial charge in [-0.2, -0.15) is 228 Å². The highest BCUT2D eigenvalue weighted by Gasteiger charge is 2.95. The zero-order valence-corrected chi connectivity index (χ0v) is 49.2. The molecule has 0 saturated carbocycles. The average Bonchev–Trinajstić information content (AvgIpc) is 0.732. The van der Waals surface area contributed by atoms with Gasteiger partial charge in [0.05, 0.1) is 0 Å². The minimum Gasteiger partial charge on any atom is -0.486 e. The van der Waals surface area contributed by atoms with Crippen molar-refractivity contribution >= 4 is 69.1 Å². The van der Waals surface area contributed by atoms with Crippen molar-refractivity contribution in [1.29, 1.82) is 0 Å². The number of thiocarbonyl (C=S) groups is 4. The quantitative estimate of drug-likeness (QED) is 0.0454. The van der Waals surface area contributed by atoms with Crippen molar-refractivity contribution < 1.29 is 247 Å². The van der Waals surface area contributed by atoms with Gasteiger partial charge < -0.3 is 18.9 Å². The lowest BCUT2D eigenvalue weighted by Crippen LogP contribution is -2.70. The molecule has 0 rings (SSSR count). The fraction of sp³-hybridized carbons (Fsp3) is 0.902. The van der Waals surface area contributed by atoms with Gasteiger partial charge in [-0.25, -0.2) is 0 Å². The molecule has 0 atom stereocenters. The zero-order valence-electron chi connectivity index (χ0n) is 45.9. The normalized spacial score (nSPS) is 16.0. The summed E-state index contributed by atoms with van der Waals surface area (Å²) in [5, 5.41) is -9.29. The first-order valence-electron chi connectivity index (χ1n) is 23.9. The number of halogens is 52. The Morgan fingerprint density at radius 2 is 0.277 bits per heavy atom. The van der Waals surface area contributed by atoms with Crippen LogP contribution in [0, 0.1) is 5.41 Å². The fourth-order valence-corrected chi connectivity index (χ4v) is 6.99. The number of rotatable bonds is 36. The molecular weight excluding hydrogens is 1670 g/mol. The molecule has 60 heteroatoms. The highest BCUT2D eigenvalue weighted by Crippen LogP contribution is 2.66. The second kappa shape index (κ2) is 28.6. The Kier molecular flexibility index (Phi) is 27.4. The molecule has 0 spiro atoms. The SMILES string of the molecule is FC(F)(F)C(F)(F)C(F)(F)C(F)(F)C(F)(F)C(F)(F)CCC(=S)OCC(COC(=S)CCC(F)(F)C(F)(F)C(F)(F)C(F)(F)C(F)(F)C(F)(F)F)(COC(=S)CCC(F)(F)C(F)(F)C(F)(F)C(F)(F)C(F)(F)C(F)(F)F)COC(=S)CCC(F)(F)C(F)(F)C(F)(F)C(F)(F)C(F)(F)C(F)(F)F. The number of hydrogen-bond donors (Lipinski definition) is 0. The molecule has 0 amide bonds. The van der Waals surface area contributed by atoms with Crippen LogP contribution in [0.2, 0.25) is 0 Å². The predicted molar refractivity (Wildman–Crippen MR) is 237 cm³/mol. The molecule has 0 unspecified atom stereocenters. The van der Waals surface area contributed by atoms with Crippen LogP contribution in [-0.2, 0) is 18.9 Å². The maximum absolute atomic E-state index is 14.7. The van der Waals surface area contributed by atoms with Crippen molar-refractivity contribution in [2.45, 2.75) is 195 Å². The summed E-state index contributed by atoms with van der Waals surface area (Å²) in [7, 11) is 0. The Morgan fingerprint density at radius 3 is 0.386 bits per heavy atom. The molecule has 600 valence electrons. The minimum absolute atomic E-state index is 2.32. The van der Waals surface area contributed by atoms with Gasteiger partial charge in [-0.15, -0.1) is 0 Å². The van der Waals surface area contributed by atoms with Gasteiger partial charge in [-0.1, -0.05) is 0 Å². The molecule has 0 aliphatic heterocycles. The summed E-state index contributed by atoms with van der Waals surface area (Å²) < 4.78 is 730. The molecule has 0 aromatic heterocycles. The van der Waals surface area contributed by atoms with E-state index in [1.165, 1.54) is 0 Å². The van der Waals surface area contributed by atoms with Gasteiger partial charge in [0.2, 0.25) is 0 Å². The van der Waals surface area contributed by atoms with E-state index in [-0.39, 0.29) is 0 Å². The van der Waals surface area contributed by atoms with E-state index >= 15 is 0 Å². The van der Waals surface area contributed by atoms with E-state index in [0.717, 1.165) is 0 Å². The minimum atomic E-state index is -8.68. The smallest absolute Gasteiger partial charge is 0.460 e. The third-order valence-corrected chi connectivity index (χ3v) is 14.0. The maximum Gasteiger partial charge on any atom is 0.460 e. The van der Waals surface area contributed by atoms with E-state index < -0.39 is 247 Å². The lowest BCUT2D eigenvalue weighted by Gasteiger charge is -2.40. The molecule has 0 aromatic carbocycles. The first kappa shape index (κ1) is 96.9. The van der Waals surface area contributed by atoms with E-state index in [9.17, 15) is 228 Å². The molecule has 0 N–H and O–H groups in total.